The molecule has 1 atom stereocenters. The molecule has 18 heavy (non-hydrogen) atoms. The number of nitrogens with zero attached hydrogens (tertiary/aromatic N) is 2. The minimum atomic E-state index is -3.06. The standard InChI is InChI=1S/C12H14N2O2S2/c1-18(15,16)14-7-6-9(8-14)12-13-10-4-2-3-5-11(10)17-12/h2-5,9H,6-8H2,1H3. The smallest absolute Gasteiger partial charge is 0.211 e. The topological polar surface area (TPSA) is 50.3 Å². The number of thiazole rings is 1. The lowest BCUT2D eigenvalue weighted by molar-refractivity contribution is 0.478. The largest absolute Gasteiger partial charge is 0.241 e. The molecule has 1 aromatic carbocycles. The molecule has 2 heterocycles. The van der Waals surface area contributed by atoms with Gasteiger partial charge in [-0.1, -0.05) is 12.1 Å². The van der Waals surface area contributed by atoms with Gasteiger partial charge in [-0.2, -0.15) is 0 Å². The molecule has 1 aliphatic rings. The van der Waals surface area contributed by atoms with Gasteiger partial charge in [0.05, 0.1) is 21.5 Å². The van der Waals surface area contributed by atoms with E-state index in [2.05, 4.69) is 11.1 Å². The van der Waals surface area contributed by atoms with Crippen LogP contribution in [0.25, 0.3) is 10.2 Å². The summed E-state index contributed by atoms with van der Waals surface area (Å²) in [5.74, 6) is 0.247. The predicted molar refractivity (Wildman–Crippen MR) is 73.4 cm³/mol. The molecule has 6 heteroatoms. The highest BCUT2D eigenvalue weighted by molar-refractivity contribution is 7.88. The van der Waals surface area contributed by atoms with Gasteiger partial charge >= 0.3 is 0 Å². The number of fused-ring (bicyclic) bond motifs is 1. The highest BCUT2D eigenvalue weighted by atomic mass is 32.2. The van der Waals surface area contributed by atoms with Crippen LogP contribution in [0.1, 0.15) is 17.3 Å². The summed E-state index contributed by atoms with van der Waals surface area (Å²) < 4.78 is 25.7. The Kier molecular flexibility index (Phi) is 2.88. The summed E-state index contributed by atoms with van der Waals surface area (Å²) >= 11 is 1.67. The molecule has 4 nitrogen and oxygen atoms in total. The van der Waals surface area contributed by atoms with E-state index >= 15 is 0 Å². The number of aromatic nitrogens is 1. The van der Waals surface area contributed by atoms with Crippen LogP contribution in [0.5, 0.6) is 0 Å². The van der Waals surface area contributed by atoms with E-state index in [0.717, 1.165) is 16.9 Å². The first-order valence-electron chi connectivity index (χ1n) is 5.84. The molecule has 0 amide bonds. The van der Waals surface area contributed by atoms with Gasteiger partial charge in [0.25, 0.3) is 0 Å². The van der Waals surface area contributed by atoms with Crippen molar-refractivity contribution < 1.29 is 8.42 Å². The fraction of sp³-hybridized carbons (Fsp3) is 0.417. The average molecular weight is 282 g/mol. The molecular weight excluding hydrogens is 268 g/mol. The maximum atomic E-state index is 11.5. The summed E-state index contributed by atoms with van der Waals surface area (Å²) in [6, 6.07) is 8.03. The summed E-state index contributed by atoms with van der Waals surface area (Å²) in [6.45, 7) is 1.18. The third kappa shape index (κ3) is 2.15. The Balaban J connectivity index is 1.88. The van der Waals surface area contributed by atoms with Gasteiger partial charge in [-0.05, 0) is 18.6 Å². The van der Waals surface area contributed by atoms with E-state index in [1.165, 1.54) is 11.0 Å². The number of sulfonamides is 1. The quantitative estimate of drug-likeness (QED) is 0.847. The maximum absolute atomic E-state index is 11.5. The van der Waals surface area contributed by atoms with Gasteiger partial charge in [0.1, 0.15) is 0 Å². The van der Waals surface area contributed by atoms with E-state index in [-0.39, 0.29) is 5.92 Å². The molecule has 2 aromatic rings. The zero-order chi connectivity index (χ0) is 12.8. The second-order valence-electron chi connectivity index (χ2n) is 4.63. The Bertz CT molecular complexity index is 645. The van der Waals surface area contributed by atoms with E-state index in [0.29, 0.717) is 13.1 Å². The lowest BCUT2D eigenvalue weighted by Gasteiger charge is -2.11. The molecular formula is C12H14N2O2S2. The number of rotatable bonds is 2. The van der Waals surface area contributed by atoms with Crippen LogP contribution in [0, 0.1) is 0 Å². The summed E-state index contributed by atoms with van der Waals surface area (Å²) in [6.07, 6.45) is 2.14. The molecule has 1 aromatic heterocycles. The molecule has 0 N–H and O–H groups in total. The van der Waals surface area contributed by atoms with E-state index in [1.54, 1.807) is 15.6 Å². The Morgan fingerprint density at radius 1 is 1.39 bits per heavy atom. The third-order valence-corrected chi connectivity index (χ3v) is 5.75. The van der Waals surface area contributed by atoms with Gasteiger partial charge in [-0.3, -0.25) is 0 Å². The van der Waals surface area contributed by atoms with Crippen molar-refractivity contribution in [1.29, 1.82) is 0 Å². The zero-order valence-corrected chi connectivity index (χ0v) is 11.7. The minimum Gasteiger partial charge on any atom is -0.241 e. The van der Waals surface area contributed by atoms with E-state index in [1.807, 2.05) is 18.2 Å². The van der Waals surface area contributed by atoms with Crippen molar-refractivity contribution in [2.75, 3.05) is 19.3 Å². The minimum absolute atomic E-state index is 0.247. The van der Waals surface area contributed by atoms with Crippen molar-refractivity contribution in [3.63, 3.8) is 0 Å². The van der Waals surface area contributed by atoms with Crippen molar-refractivity contribution in [1.82, 2.24) is 9.29 Å². The lowest BCUT2D eigenvalue weighted by atomic mass is 10.1. The Labute approximate surface area is 110 Å². The van der Waals surface area contributed by atoms with E-state index in [9.17, 15) is 8.42 Å². The van der Waals surface area contributed by atoms with Gasteiger partial charge in [0.15, 0.2) is 0 Å². The van der Waals surface area contributed by atoms with Crippen LogP contribution in [0.4, 0.5) is 0 Å². The Hall–Kier alpha value is -0.980. The van der Waals surface area contributed by atoms with Crippen LogP contribution < -0.4 is 0 Å². The molecule has 1 aliphatic heterocycles. The highest BCUT2D eigenvalue weighted by Crippen LogP contribution is 2.33. The monoisotopic (exact) mass is 282 g/mol. The van der Waals surface area contributed by atoms with Gasteiger partial charge < -0.3 is 0 Å². The molecule has 0 radical (unpaired) electrons. The second-order valence-corrected chi connectivity index (χ2v) is 7.67. The fourth-order valence-electron chi connectivity index (χ4n) is 2.30. The van der Waals surface area contributed by atoms with E-state index < -0.39 is 10.0 Å². The fourth-order valence-corrected chi connectivity index (χ4v) is 4.28. The highest BCUT2D eigenvalue weighted by Gasteiger charge is 2.31. The van der Waals surface area contributed by atoms with E-state index in [4.69, 9.17) is 0 Å². The summed E-state index contributed by atoms with van der Waals surface area (Å²) in [7, 11) is -3.06. The Morgan fingerprint density at radius 3 is 2.83 bits per heavy atom. The first kappa shape index (κ1) is 12.1. The van der Waals surface area contributed by atoms with Crippen LogP contribution in [0.15, 0.2) is 24.3 Å². The molecule has 1 unspecified atom stereocenters. The maximum Gasteiger partial charge on any atom is 0.211 e. The van der Waals surface area contributed by atoms with Crippen molar-refractivity contribution in [2.24, 2.45) is 0 Å². The van der Waals surface area contributed by atoms with Crippen LogP contribution >= 0.6 is 11.3 Å². The molecule has 0 bridgehead atoms. The lowest BCUT2D eigenvalue weighted by Crippen LogP contribution is -2.27. The Morgan fingerprint density at radius 2 is 2.17 bits per heavy atom. The molecule has 1 saturated heterocycles. The van der Waals surface area contributed by atoms with Crippen molar-refractivity contribution in [3.05, 3.63) is 29.3 Å². The number of hydrogen-bond acceptors (Lipinski definition) is 4. The molecule has 3 rings (SSSR count). The van der Waals surface area contributed by atoms with Crippen LogP contribution in [0.3, 0.4) is 0 Å². The summed E-state index contributed by atoms with van der Waals surface area (Å²) in [4.78, 5) is 4.61. The normalized spacial score (nSPS) is 21.7. The van der Waals surface area contributed by atoms with Crippen LogP contribution in [0.2, 0.25) is 0 Å². The third-order valence-electron chi connectivity index (χ3n) is 3.28. The van der Waals surface area contributed by atoms with Crippen molar-refractivity contribution in [2.45, 2.75) is 12.3 Å². The van der Waals surface area contributed by atoms with Crippen molar-refractivity contribution in [3.8, 4) is 0 Å². The summed E-state index contributed by atoms with van der Waals surface area (Å²) in [5, 5.41) is 1.06. The van der Waals surface area contributed by atoms with Gasteiger partial charge in [0, 0.05) is 19.0 Å². The molecule has 1 fully saturated rings. The second kappa shape index (κ2) is 4.29. The molecule has 96 valence electrons. The van der Waals surface area contributed by atoms with Crippen molar-refractivity contribution >= 4 is 31.6 Å². The number of para-hydroxylation sites is 1. The molecule has 0 aliphatic carbocycles. The predicted octanol–water partition coefficient (Wildman–Crippen LogP) is 2.05. The van der Waals surface area contributed by atoms with Gasteiger partial charge in [0.2, 0.25) is 10.0 Å². The van der Waals surface area contributed by atoms with Gasteiger partial charge in [-0.25, -0.2) is 17.7 Å². The molecule has 0 spiro atoms. The molecule has 0 saturated carbocycles. The number of benzene rings is 1. The van der Waals surface area contributed by atoms with Crippen LogP contribution in [-0.4, -0.2) is 37.1 Å². The zero-order valence-electron chi connectivity index (χ0n) is 10.0. The number of hydrogen-bond donors (Lipinski definition) is 0. The van der Waals surface area contributed by atoms with Crippen LogP contribution in [-0.2, 0) is 10.0 Å². The first-order chi connectivity index (χ1) is 8.54. The van der Waals surface area contributed by atoms with Gasteiger partial charge in [-0.15, -0.1) is 11.3 Å². The SMILES string of the molecule is CS(=O)(=O)N1CCC(c2nc3ccccc3s2)C1. The first-order valence-corrected chi connectivity index (χ1v) is 8.51. The average Bonchev–Trinajstić information content (AvgIpc) is 2.94. The summed E-state index contributed by atoms with van der Waals surface area (Å²) in [5.41, 5.74) is 1.01.